The van der Waals surface area contributed by atoms with E-state index in [0.717, 1.165) is 85.1 Å². The quantitative estimate of drug-likeness (QED) is 0.333. The summed E-state index contributed by atoms with van der Waals surface area (Å²) in [6, 6.07) is 8.10. The predicted molar refractivity (Wildman–Crippen MR) is 147 cm³/mol. The molecule has 0 amide bonds. The summed E-state index contributed by atoms with van der Waals surface area (Å²) in [6.07, 6.45) is 1.66. The summed E-state index contributed by atoms with van der Waals surface area (Å²) in [4.78, 5) is 25.6. The Morgan fingerprint density at radius 2 is 1.89 bits per heavy atom. The van der Waals surface area contributed by atoms with E-state index in [0.29, 0.717) is 18.3 Å². The van der Waals surface area contributed by atoms with Crippen LogP contribution in [0.1, 0.15) is 44.0 Å². The highest BCUT2D eigenvalue weighted by molar-refractivity contribution is 5.72. The molecule has 1 aliphatic rings. The fourth-order valence-electron chi connectivity index (χ4n) is 5.06. The number of ether oxygens (including phenoxy) is 2. The number of rotatable bonds is 11. The van der Waals surface area contributed by atoms with Crippen molar-refractivity contribution in [2.75, 3.05) is 51.3 Å². The molecule has 9 heteroatoms. The van der Waals surface area contributed by atoms with E-state index in [2.05, 4.69) is 46.8 Å². The number of carbonyl (C=O) groups is 1. The van der Waals surface area contributed by atoms with E-state index in [1.165, 1.54) is 7.11 Å². The number of likely N-dealkylation sites (tertiary alicyclic amines) is 1. The second kappa shape index (κ2) is 12.4. The van der Waals surface area contributed by atoms with Crippen LogP contribution in [0.2, 0.25) is 0 Å². The number of esters is 1. The molecule has 3 aromatic rings. The fraction of sp³-hybridized carbons (Fsp3) is 0.517. The van der Waals surface area contributed by atoms with Crippen LogP contribution in [-0.2, 0) is 16.0 Å². The number of pyridine rings is 1. The first-order chi connectivity index (χ1) is 18.4. The third-order valence-electron chi connectivity index (χ3n) is 7.15. The molecule has 0 N–H and O–H groups in total. The molecule has 0 spiro atoms. The zero-order valence-electron chi connectivity index (χ0n) is 23.4. The number of nitrogens with zero attached hydrogens (tertiary/aromatic N) is 5. The van der Waals surface area contributed by atoms with E-state index in [1.807, 2.05) is 32.0 Å². The minimum atomic E-state index is -0.124. The van der Waals surface area contributed by atoms with Crippen molar-refractivity contribution in [3.63, 3.8) is 0 Å². The maximum atomic E-state index is 11.8. The van der Waals surface area contributed by atoms with Crippen molar-refractivity contribution in [1.82, 2.24) is 20.0 Å². The van der Waals surface area contributed by atoms with Crippen molar-refractivity contribution in [2.45, 2.75) is 47.5 Å². The second-order valence-corrected chi connectivity index (χ2v) is 9.74. The summed E-state index contributed by atoms with van der Waals surface area (Å²) < 4.78 is 16.8. The first-order valence-electron chi connectivity index (χ1n) is 13.5. The van der Waals surface area contributed by atoms with Crippen molar-refractivity contribution < 1.29 is 18.8 Å². The first-order valence-corrected chi connectivity index (χ1v) is 13.5. The number of methoxy groups -OCH3 is 1. The van der Waals surface area contributed by atoms with Crippen molar-refractivity contribution in [2.24, 2.45) is 5.92 Å². The third kappa shape index (κ3) is 6.15. The van der Waals surface area contributed by atoms with Crippen molar-refractivity contribution in [3.05, 3.63) is 41.1 Å². The summed E-state index contributed by atoms with van der Waals surface area (Å²) in [5, 5.41) is 4.29. The summed E-state index contributed by atoms with van der Waals surface area (Å²) in [6.45, 7) is 15.1. The van der Waals surface area contributed by atoms with Crippen molar-refractivity contribution >= 4 is 11.8 Å². The highest BCUT2D eigenvalue weighted by Crippen LogP contribution is 2.32. The van der Waals surface area contributed by atoms with Gasteiger partial charge in [0.15, 0.2) is 0 Å². The van der Waals surface area contributed by atoms with Gasteiger partial charge in [0, 0.05) is 43.0 Å². The molecule has 0 saturated carbocycles. The first kappa shape index (κ1) is 27.6. The lowest BCUT2D eigenvalue weighted by atomic mass is 10.0. The number of aryl methyl sites for hydroxylation is 3. The molecule has 0 bridgehead atoms. The maximum absolute atomic E-state index is 11.8. The highest BCUT2D eigenvalue weighted by Gasteiger charge is 2.28. The molecule has 1 fully saturated rings. The Labute approximate surface area is 225 Å². The number of hydrogen-bond acceptors (Lipinski definition) is 9. The van der Waals surface area contributed by atoms with Crippen molar-refractivity contribution in [3.8, 4) is 28.6 Å². The van der Waals surface area contributed by atoms with E-state index in [-0.39, 0.29) is 11.9 Å². The van der Waals surface area contributed by atoms with Crippen LogP contribution in [0, 0.1) is 19.8 Å². The number of carbonyl (C=O) groups excluding carboxylic acids is 1. The Morgan fingerprint density at radius 3 is 2.61 bits per heavy atom. The van der Waals surface area contributed by atoms with Crippen LogP contribution in [0.25, 0.3) is 22.8 Å². The van der Waals surface area contributed by atoms with Crippen LogP contribution in [0.4, 0.5) is 5.82 Å². The standard InChI is InChI=1S/C29H39N5O4/c1-7-21-16-23(14-19(4)26(21)37-13-12-33-11-10-22(18-33)29(35)36-6)27-31-28(38-32-27)24-15-20(5)30-25(17-24)34(8-2)9-3/h14-17,22H,7-13,18H2,1-6H3. The Kier molecular flexibility index (Phi) is 8.99. The lowest BCUT2D eigenvalue weighted by Crippen LogP contribution is -2.28. The van der Waals surface area contributed by atoms with Crippen LogP contribution in [-0.4, -0.2) is 72.4 Å². The molecule has 1 atom stereocenters. The average Bonchev–Trinajstić information content (AvgIpc) is 3.60. The molecule has 1 saturated heterocycles. The summed E-state index contributed by atoms with van der Waals surface area (Å²) in [5.74, 6) is 2.68. The van der Waals surface area contributed by atoms with Crippen LogP contribution in [0.5, 0.6) is 5.75 Å². The van der Waals surface area contributed by atoms with Gasteiger partial charge in [0.2, 0.25) is 5.82 Å². The van der Waals surface area contributed by atoms with Gasteiger partial charge in [-0.2, -0.15) is 4.98 Å². The lowest BCUT2D eigenvalue weighted by Gasteiger charge is -2.20. The van der Waals surface area contributed by atoms with Crippen LogP contribution in [0.15, 0.2) is 28.8 Å². The zero-order valence-corrected chi connectivity index (χ0v) is 23.4. The summed E-state index contributed by atoms with van der Waals surface area (Å²) in [5.41, 5.74) is 4.80. The molecular formula is C29H39N5O4. The number of benzene rings is 1. The van der Waals surface area contributed by atoms with Crippen LogP contribution in [0.3, 0.4) is 0 Å². The van der Waals surface area contributed by atoms with Gasteiger partial charge in [-0.25, -0.2) is 4.98 Å². The lowest BCUT2D eigenvalue weighted by molar-refractivity contribution is -0.144. The van der Waals surface area contributed by atoms with E-state index < -0.39 is 0 Å². The number of aromatic nitrogens is 3. The van der Waals surface area contributed by atoms with Crippen molar-refractivity contribution in [1.29, 1.82) is 0 Å². The molecule has 9 nitrogen and oxygen atoms in total. The minimum Gasteiger partial charge on any atom is -0.492 e. The number of hydrogen-bond donors (Lipinski definition) is 0. The third-order valence-corrected chi connectivity index (χ3v) is 7.15. The topological polar surface area (TPSA) is 93.8 Å². The van der Waals surface area contributed by atoms with E-state index in [1.54, 1.807) is 0 Å². The van der Waals surface area contributed by atoms with Gasteiger partial charge < -0.3 is 18.9 Å². The van der Waals surface area contributed by atoms with Gasteiger partial charge in [-0.05, 0) is 82.5 Å². The van der Waals surface area contributed by atoms with Gasteiger partial charge in [-0.1, -0.05) is 12.1 Å². The molecule has 4 rings (SSSR count). The van der Waals surface area contributed by atoms with E-state index in [9.17, 15) is 4.79 Å². The molecule has 0 aliphatic carbocycles. The van der Waals surface area contributed by atoms with Crippen LogP contribution < -0.4 is 9.64 Å². The minimum absolute atomic E-state index is 0.0352. The average molecular weight is 522 g/mol. The molecule has 2 aromatic heterocycles. The highest BCUT2D eigenvalue weighted by atomic mass is 16.5. The normalized spacial score (nSPS) is 15.6. The largest absolute Gasteiger partial charge is 0.492 e. The summed E-state index contributed by atoms with van der Waals surface area (Å²) in [7, 11) is 1.45. The number of anilines is 1. The van der Waals surface area contributed by atoms with E-state index in [4.69, 9.17) is 19.0 Å². The van der Waals surface area contributed by atoms with E-state index >= 15 is 0 Å². The molecular weight excluding hydrogens is 482 g/mol. The predicted octanol–water partition coefficient (Wildman–Crippen LogP) is 4.70. The molecule has 3 heterocycles. The van der Waals surface area contributed by atoms with Gasteiger partial charge in [-0.3, -0.25) is 9.69 Å². The van der Waals surface area contributed by atoms with Gasteiger partial charge in [0.25, 0.3) is 5.89 Å². The molecule has 1 unspecified atom stereocenters. The SMILES string of the molecule is CCc1cc(-c2noc(-c3cc(C)nc(N(CC)CC)c3)n2)cc(C)c1OCCN1CCC(C(=O)OC)C1. The Balaban J connectivity index is 1.48. The van der Waals surface area contributed by atoms with Gasteiger partial charge >= 0.3 is 5.97 Å². The Morgan fingerprint density at radius 1 is 1.11 bits per heavy atom. The molecule has 1 aliphatic heterocycles. The zero-order chi connectivity index (χ0) is 27.2. The second-order valence-electron chi connectivity index (χ2n) is 9.74. The Hall–Kier alpha value is -3.46. The molecule has 0 radical (unpaired) electrons. The monoisotopic (exact) mass is 521 g/mol. The van der Waals surface area contributed by atoms with Crippen LogP contribution >= 0.6 is 0 Å². The summed E-state index contributed by atoms with van der Waals surface area (Å²) >= 11 is 0. The molecule has 204 valence electrons. The maximum Gasteiger partial charge on any atom is 0.310 e. The fourth-order valence-corrected chi connectivity index (χ4v) is 5.06. The van der Waals surface area contributed by atoms with Gasteiger partial charge in [-0.15, -0.1) is 0 Å². The van der Waals surface area contributed by atoms with Gasteiger partial charge in [0.05, 0.1) is 13.0 Å². The molecule has 1 aromatic carbocycles. The Bertz CT molecular complexity index is 1250. The smallest absolute Gasteiger partial charge is 0.310 e. The van der Waals surface area contributed by atoms with Gasteiger partial charge in [0.1, 0.15) is 18.2 Å². The molecule has 38 heavy (non-hydrogen) atoms.